The quantitative estimate of drug-likeness (QED) is 0.422. The van der Waals surface area contributed by atoms with E-state index in [0.717, 1.165) is 24.3 Å². The molecule has 4 N–H and O–H groups in total. The molecule has 0 unspecified atom stereocenters. The van der Waals surface area contributed by atoms with Crippen molar-refractivity contribution in [1.82, 2.24) is 0 Å². The molecule has 11 heteroatoms. The van der Waals surface area contributed by atoms with Gasteiger partial charge in [0.1, 0.15) is 0 Å². The van der Waals surface area contributed by atoms with Crippen LogP contribution in [0.25, 0.3) is 0 Å². The maximum absolute atomic E-state index is 12.9. The molecule has 2 aromatic rings. The molecule has 2 rings (SSSR count). The van der Waals surface area contributed by atoms with Crippen LogP contribution in [0.1, 0.15) is 57.4 Å². The number of halogens is 2. The fourth-order valence-electron chi connectivity index (χ4n) is 2.42. The molecule has 9 nitrogen and oxygen atoms in total. The van der Waals surface area contributed by atoms with Crippen molar-refractivity contribution >= 4 is 61.5 Å². The number of rotatable bonds is 6. The molecule has 0 radical (unpaired) electrons. The summed E-state index contributed by atoms with van der Waals surface area (Å²) < 4.78 is -0.619. The number of hydrogen-bond donors (Lipinski definition) is 4. The molecular formula is C17H8Br2O9. The summed E-state index contributed by atoms with van der Waals surface area (Å²) in [5, 5.41) is 36.8. The van der Waals surface area contributed by atoms with Gasteiger partial charge >= 0.3 is 23.9 Å². The molecule has 0 aliphatic heterocycles. The maximum Gasteiger partial charge on any atom is 0.337 e. The van der Waals surface area contributed by atoms with Crippen molar-refractivity contribution in [1.29, 1.82) is 0 Å². The Morgan fingerprint density at radius 2 is 0.821 bits per heavy atom. The highest BCUT2D eigenvalue weighted by Crippen LogP contribution is 2.32. The Labute approximate surface area is 172 Å². The molecule has 0 heterocycles. The molecule has 0 aromatic heterocycles. The highest BCUT2D eigenvalue weighted by atomic mass is 79.9. The van der Waals surface area contributed by atoms with Crippen LogP contribution in [0.15, 0.2) is 33.2 Å². The zero-order valence-electron chi connectivity index (χ0n) is 13.4. The maximum atomic E-state index is 12.9. The predicted molar refractivity (Wildman–Crippen MR) is 99.6 cm³/mol. The van der Waals surface area contributed by atoms with E-state index in [9.17, 15) is 34.2 Å². The van der Waals surface area contributed by atoms with E-state index in [-0.39, 0.29) is 20.1 Å². The monoisotopic (exact) mass is 514 g/mol. The number of benzene rings is 2. The average molecular weight is 516 g/mol. The van der Waals surface area contributed by atoms with Crippen LogP contribution in [-0.4, -0.2) is 50.1 Å². The summed E-state index contributed by atoms with van der Waals surface area (Å²) in [7, 11) is 0. The first-order chi connectivity index (χ1) is 13.0. The van der Waals surface area contributed by atoms with Gasteiger partial charge < -0.3 is 20.4 Å². The first-order valence-electron chi connectivity index (χ1n) is 7.11. The van der Waals surface area contributed by atoms with Gasteiger partial charge in [-0.25, -0.2) is 19.2 Å². The molecule has 0 spiro atoms. The number of carboxylic acids is 4. The first kappa shape index (κ1) is 21.3. The van der Waals surface area contributed by atoms with Crippen LogP contribution in [0.3, 0.4) is 0 Å². The summed E-state index contributed by atoms with van der Waals surface area (Å²) in [5.41, 5.74) is -2.92. The predicted octanol–water partition coefficient (Wildman–Crippen LogP) is 3.24. The molecule has 144 valence electrons. The summed E-state index contributed by atoms with van der Waals surface area (Å²) >= 11 is 5.84. The normalized spacial score (nSPS) is 10.4. The van der Waals surface area contributed by atoms with E-state index in [2.05, 4.69) is 31.9 Å². The van der Waals surface area contributed by atoms with Gasteiger partial charge in [0.2, 0.25) is 0 Å². The van der Waals surface area contributed by atoms with Crippen molar-refractivity contribution in [2.24, 2.45) is 0 Å². The minimum atomic E-state index is -1.59. The smallest absolute Gasteiger partial charge is 0.337 e. The third-order valence-corrected chi connectivity index (χ3v) is 5.31. The molecule has 0 aliphatic rings. The van der Waals surface area contributed by atoms with Crippen LogP contribution in [0.2, 0.25) is 0 Å². The molecule has 0 fully saturated rings. The molecule has 0 bridgehead atoms. The van der Waals surface area contributed by atoms with Gasteiger partial charge in [-0.15, -0.1) is 0 Å². The lowest BCUT2D eigenvalue weighted by atomic mass is 9.95. The molecular weight excluding hydrogens is 508 g/mol. The summed E-state index contributed by atoms with van der Waals surface area (Å²) in [4.78, 5) is 58.1. The third kappa shape index (κ3) is 3.66. The van der Waals surface area contributed by atoms with Crippen LogP contribution in [-0.2, 0) is 0 Å². The van der Waals surface area contributed by atoms with Crippen LogP contribution < -0.4 is 0 Å². The minimum Gasteiger partial charge on any atom is -0.478 e. The SMILES string of the molecule is O=C(c1ccc(C(=O)O)c(C(=O)O)c1Br)c1ccc(C(=O)O)c(C(=O)O)c1Br. The van der Waals surface area contributed by atoms with Crippen molar-refractivity contribution in [2.45, 2.75) is 0 Å². The molecule has 0 aliphatic carbocycles. The second-order valence-electron chi connectivity index (χ2n) is 5.25. The molecule has 0 amide bonds. The van der Waals surface area contributed by atoms with Crippen molar-refractivity contribution < 1.29 is 44.4 Å². The number of hydrogen-bond acceptors (Lipinski definition) is 5. The number of carbonyl (C=O) groups is 5. The van der Waals surface area contributed by atoms with Crippen molar-refractivity contribution in [2.75, 3.05) is 0 Å². The number of carboxylic acid groups (broad SMARTS) is 4. The Morgan fingerprint density at radius 1 is 0.536 bits per heavy atom. The minimum absolute atomic E-state index is 0.248. The second kappa shape index (κ2) is 7.90. The van der Waals surface area contributed by atoms with Gasteiger partial charge in [-0.1, -0.05) is 0 Å². The molecule has 28 heavy (non-hydrogen) atoms. The van der Waals surface area contributed by atoms with Crippen molar-refractivity contribution in [3.05, 3.63) is 66.6 Å². The summed E-state index contributed by atoms with van der Waals surface area (Å²) in [5.74, 6) is -7.07. The molecule has 0 saturated carbocycles. The highest BCUT2D eigenvalue weighted by molar-refractivity contribution is 9.11. The van der Waals surface area contributed by atoms with E-state index >= 15 is 0 Å². The Morgan fingerprint density at radius 3 is 1.07 bits per heavy atom. The lowest BCUT2D eigenvalue weighted by Crippen LogP contribution is -2.15. The molecule has 2 aromatic carbocycles. The fourth-order valence-corrected chi connectivity index (χ4v) is 3.81. The molecule has 0 atom stereocenters. The number of ketones is 1. The third-order valence-electron chi connectivity index (χ3n) is 3.66. The Kier molecular flexibility index (Phi) is 6.00. The topological polar surface area (TPSA) is 166 Å². The molecule has 0 saturated heterocycles. The van der Waals surface area contributed by atoms with Gasteiger partial charge in [-0.3, -0.25) is 4.79 Å². The van der Waals surface area contributed by atoms with Gasteiger partial charge in [0, 0.05) is 20.1 Å². The number of carbonyl (C=O) groups excluding carboxylic acids is 1. The lowest BCUT2D eigenvalue weighted by molar-refractivity contribution is 0.0650. The van der Waals surface area contributed by atoms with Crippen molar-refractivity contribution in [3.8, 4) is 0 Å². The fraction of sp³-hybridized carbons (Fsp3) is 0. The van der Waals surface area contributed by atoms with Gasteiger partial charge in [-0.2, -0.15) is 0 Å². The van der Waals surface area contributed by atoms with E-state index in [1.165, 1.54) is 0 Å². The summed E-state index contributed by atoms with van der Waals surface area (Å²) in [6.07, 6.45) is 0. The highest BCUT2D eigenvalue weighted by Gasteiger charge is 2.28. The van der Waals surface area contributed by atoms with E-state index in [1.54, 1.807) is 0 Å². The first-order valence-corrected chi connectivity index (χ1v) is 8.70. The van der Waals surface area contributed by atoms with Gasteiger partial charge in [0.05, 0.1) is 22.3 Å². The Hall–Kier alpha value is -3.05. The Bertz CT molecular complexity index is 989. The van der Waals surface area contributed by atoms with E-state index in [4.69, 9.17) is 10.2 Å². The number of aromatic carboxylic acids is 4. The second-order valence-corrected chi connectivity index (χ2v) is 6.84. The largest absolute Gasteiger partial charge is 0.478 e. The summed E-state index contributed by atoms with van der Waals surface area (Å²) in [6, 6.07) is 4.00. The van der Waals surface area contributed by atoms with E-state index in [0.29, 0.717) is 0 Å². The standard InChI is InChI=1S/C17H8Br2O9/c18-11-7(3-1-5(14(21)22)9(11)16(25)26)13(20)8-4-2-6(15(23)24)10(12(8)19)17(27)28/h1-4H,(H,21,22)(H,23,24)(H,25,26)(H,27,28). The van der Waals surface area contributed by atoms with Crippen molar-refractivity contribution in [3.63, 3.8) is 0 Å². The zero-order chi connectivity index (χ0) is 21.3. The zero-order valence-corrected chi connectivity index (χ0v) is 16.6. The van der Waals surface area contributed by atoms with E-state index in [1.807, 2.05) is 0 Å². The van der Waals surface area contributed by atoms with Crippen LogP contribution in [0.4, 0.5) is 0 Å². The summed E-state index contributed by atoms with van der Waals surface area (Å²) in [6.45, 7) is 0. The van der Waals surface area contributed by atoms with E-state index < -0.39 is 51.9 Å². The van der Waals surface area contributed by atoms with Gasteiger partial charge in [0.25, 0.3) is 0 Å². The average Bonchev–Trinajstić information content (AvgIpc) is 2.59. The van der Waals surface area contributed by atoms with Crippen LogP contribution in [0.5, 0.6) is 0 Å². The van der Waals surface area contributed by atoms with Crippen LogP contribution in [0, 0.1) is 0 Å². The van der Waals surface area contributed by atoms with Gasteiger partial charge in [0.15, 0.2) is 5.78 Å². The van der Waals surface area contributed by atoms with Crippen LogP contribution >= 0.6 is 31.9 Å². The lowest BCUT2D eigenvalue weighted by Gasteiger charge is -2.12. The Balaban J connectivity index is 2.75. The van der Waals surface area contributed by atoms with Gasteiger partial charge in [-0.05, 0) is 56.1 Å².